The molecule has 0 radical (unpaired) electrons. The van der Waals surface area contributed by atoms with Gasteiger partial charge in [-0.3, -0.25) is 4.90 Å². The number of piperazine rings is 1. The Bertz CT molecular complexity index is 426. The third-order valence-electron chi connectivity index (χ3n) is 4.90. The van der Waals surface area contributed by atoms with Gasteiger partial charge in [-0.25, -0.2) is 4.39 Å². The molecule has 2 aliphatic rings. The third kappa shape index (κ3) is 2.81. The maximum atomic E-state index is 13.0. The van der Waals surface area contributed by atoms with Crippen LogP contribution in [0, 0.1) is 11.7 Å². The molecule has 1 aromatic rings. The average Bonchev–Trinajstić information content (AvgIpc) is 2.97. The molecule has 1 saturated heterocycles. The largest absolute Gasteiger partial charge is 0.369 e. The van der Waals surface area contributed by atoms with E-state index in [2.05, 4.69) is 9.80 Å². The van der Waals surface area contributed by atoms with Gasteiger partial charge in [-0.15, -0.1) is 0 Å². The molecule has 0 aromatic heterocycles. The summed E-state index contributed by atoms with van der Waals surface area (Å²) in [6.45, 7) is 5.07. The maximum Gasteiger partial charge on any atom is 0.123 e. The Labute approximate surface area is 120 Å². The molecule has 3 nitrogen and oxygen atoms in total. The highest BCUT2D eigenvalue weighted by Crippen LogP contribution is 2.30. The Morgan fingerprint density at radius 3 is 2.40 bits per heavy atom. The Hall–Kier alpha value is -1.13. The van der Waals surface area contributed by atoms with Crippen LogP contribution in [0.3, 0.4) is 0 Å². The first-order valence-electron chi connectivity index (χ1n) is 7.72. The SMILES string of the molecule is NCC1CCCC1N1CCN(c2ccc(F)cc2)CC1. The van der Waals surface area contributed by atoms with Crippen molar-refractivity contribution >= 4 is 5.69 Å². The Morgan fingerprint density at radius 2 is 1.75 bits per heavy atom. The average molecular weight is 277 g/mol. The van der Waals surface area contributed by atoms with Gasteiger partial charge in [0.1, 0.15) is 5.82 Å². The van der Waals surface area contributed by atoms with Crippen molar-refractivity contribution in [1.82, 2.24) is 4.90 Å². The molecule has 1 aliphatic carbocycles. The van der Waals surface area contributed by atoms with Crippen LogP contribution >= 0.6 is 0 Å². The van der Waals surface area contributed by atoms with E-state index >= 15 is 0 Å². The molecule has 20 heavy (non-hydrogen) atoms. The normalized spacial score (nSPS) is 28.0. The van der Waals surface area contributed by atoms with Crippen LogP contribution in [0.1, 0.15) is 19.3 Å². The summed E-state index contributed by atoms with van der Waals surface area (Å²) in [6.07, 6.45) is 3.92. The van der Waals surface area contributed by atoms with Gasteiger partial charge >= 0.3 is 0 Å². The van der Waals surface area contributed by atoms with Crippen molar-refractivity contribution in [3.8, 4) is 0 Å². The van der Waals surface area contributed by atoms with E-state index in [0.717, 1.165) is 38.4 Å². The summed E-state index contributed by atoms with van der Waals surface area (Å²) >= 11 is 0. The Kier molecular flexibility index (Phi) is 4.22. The molecule has 1 heterocycles. The van der Waals surface area contributed by atoms with Gasteiger partial charge in [0, 0.05) is 37.9 Å². The zero-order chi connectivity index (χ0) is 13.9. The fourth-order valence-electron chi connectivity index (χ4n) is 3.74. The van der Waals surface area contributed by atoms with Crippen LogP contribution in [-0.2, 0) is 0 Å². The summed E-state index contributed by atoms with van der Waals surface area (Å²) < 4.78 is 13.0. The summed E-state index contributed by atoms with van der Waals surface area (Å²) in [4.78, 5) is 4.97. The highest BCUT2D eigenvalue weighted by atomic mass is 19.1. The zero-order valence-corrected chi connectivity index (χ0v) is 12.0. The van der Waals surface area contributed by atoms with E-state index in [4.69, 9.17) is 5.73 Å². The predicted molar refractivity (Wildman–Crippen MR) is 80.4 cm³/mol. The monoisotopic (exact) mass is 277 g/mol. The van der Waals surface area contributed by atoms with E-state index in [1.165, 1.54) is 19.3 Å². The summed E-state index contributed by atoms with van der Waals surface area (Å²) in [5, 5.41) is 0. The molecule has 1 saturated carbocycles. The second kappa shape index (κ2) is 6.10. The van der Waals surface area contributed by atoms with Crippen LogP contribution in [-0.4, -0.2) is 43.7 Å². The van der Waals surface area contributed by atoms with E-state index in [0.29, 0.717) is 12.0 Å². The lowest BCUT2D eigenvalue weighted by Gasteiger charge is -2.40. The van der Waals surface area contributed by atoms with Gasteiger partial charge in [-0.1, -0.05) is 6.42 Å². The van der Waals surface area contributed by atoms with Crippen molar-refractivity contribution < 1.29 is 4.39 Å². The second-order valence-electron chi connectivity index (χ2n) is 5.99. The predicted octanol–water partition coefficient (Wildman–Crippen LogP) is 2.08. The van der Waals surface area contributed by atoms with Crippen LogP contribution < -0.4 is 10.6 Å². The Morgan fingerprint density at radius 1 is 1.05 bits per heavy atom. The highest BCUT2D eigenvalue weighted by molar-refractivity contribution is 5.46. The molecule has 2 atom stereocenters. The van der Waals surface area contributed by atoms with Gasteiger partial charge in [0.05, 0.1) is 0 Å². The number of anilines is 1. The zero-order valence-electron chi connectivity index (χ0n) is 12.0. The lowest BCUT2D eigenvalue weighted by Crippen LogP contribution is -2.52. The second-order valence-corrected chi connectivity index (χ2v) is 5.99. The van der Waals surface area contributed by atoms with Crippen molar-refractivity contribution in [3.63, 3.8) is 0 Å². The number of hydrogen-bond donors (Lipinski definition) is 1. The van der Waals surface area contributed by atoms with Gasteiger partial charge in [0.25, 0.3) is 0 Å². The minimum Gasteiger partial charge on any atom is -0.369 e. The van der Waals surface area contributed by atoms with E-state index < -0.39 is 0 Å². The van der Waals surface area contributed by atoms with Crippen LogP contribution in [0.5, 0.6) is 0 Å². The molecule has 110 valence electrons. The summed E-state index contributed by atoms with van der Waals surface area (Å²) in [5.41, 5.74) is 7.02. The van der Waals surface area contributed by atoms with Crippen molar-refractivity contribution in [2.45, 2.75) is 25.3 Å². The number of benzene rings is 1. The molecule has 0 amide bonds. The first-order valence-corrected chi connectivity index (χ1v) is 7.72. The lowest BCUT2D eigenvalue weighted by molar-refractivity contribution is 0.153. The van der Waals surface area contributed by atoms with Crippen molar-refractivity contribution in [1.29, 1.82) is 0 Å². The minimum absolute atomic E-state index is 0.163. The third-order valence-corrected chi connectivity index (χ3v) is 4.90. The molecule has 2 N–H and O–H groups in total. The molecule has 2 unspecified atom stereocenters. The van der Waals surface area contributed by atoms with Crippen LogP contribution in [0.2, 0.25) is 0 Å². The van der Waals surface area contributed by atoms with Gasteiger partial charge in [-0.05, 0) is 49.6 Å². The molecular weight excluding hydrogens is 253 g/mol. The molecule has 2 fully saturated rings. The summed E-state index contributed by atoms with van der Waals surface area (Å²) in [6, 6.07) is 7.54. The number of nitrogens with two attached hydrogens (primary N) is 1. The van der Waals surface area contributed by atoms with Gasteiger partial charge in [-0.2, -0.15) is 0 Å². The molecule has 0 bridgehead atoms. The van der Waals surface area contributed by atoms with Crippen LogP contribution in [0.4, 0.5) is 10.1 Å². The van der Waals surface area contributed by atoms with E-state index in [-0.39, 0.29) is 5.82 Å². The standard InChI is InChI=1S/C16H24FN3/c17-14-4-6-15(7-5-14)19-8-10-20(11-9-19)16-3-1-2-13(16)12-18/h4-7,13,16H,1-3,8-12,18H2. The topological polar surface area (TPSA) is 32.5 Å². The number of hydrogen-bond acceptors (Lipinski definition) is 3. The van der Waals surface area contributed by atoms with Gasteiger partial charge < -0.3 is 10.6 Å². The number of nitrogens with zero attached hydrogens (tertiary/aromatic N) is 2. The smallest absolute Gasteiger partial charge is 0.123 e. The fourth-order valence-corrected chi connectivity index (χ4v) is 3.74. The van der Waals surface area contributed by atoms with Crippen LogP contribution in [0.25, 0.3) is 0 Å². The molecule has 4 heteroatoms. The molecule has 1 aliphatic heterocycles. The first-order chi connectivity index (χ1) is 9.78. The summed E-state index contributed by atoms with van der Waals surface area (Å²) in [5.74, 6) is 0.525. The molecule has 1 aromatic carbocycles. The van der Waals surface area contributed by atoms with Gasteiger partial charge in [0.15, 0.2) is 0 Å². The Balaban J connectivity index is 1.58. The fraction of sp³-hybridized carbons (Fsp3) is 0.625. The maximum absolute atomic E-state index is 13.0. The van der Waals surface area contributed by atoms with Crippen molar-refractivity contribution in [3.05, 3.63) is 30.1 Å². The van der Waals surface area contributed by atoms with E-state index in [9.17, 15) is 4.39 Å². The first kappa shape index (κ1) is 13.8. The van der Waals surface area contributed by atoms with Crippen molar-refractivity contribution in [2.24, 2.45) is 11.7 Å². The van der Waals surface area contributed by atoms with E-state index in [1.807, 2.05) is 12.1 Å². The van der Waals surface area contributed by atoms with Crippen molar-refractivity contribution in [2.75, 3.05) is 37.6 Å². The van der Waals surface area contributed by atoms with E-state index in [1.54, 1.807) is 12.1 Å². The lowest BCUT2D eigenvalue weighted by atomic mass is 10.0. The van der Waals surface area contributed by atoms with Gasteiger partial charge in [0.2, 0.25) is 0 Å². The quantitative estimate of drug-likeness (QED) is 0.918. The summed E-state index contributed by atoms with van der Waals surface area (Å²) in [7, 11) is 0. The molecule has 3 rings (SSSR count). The van der Waals surface area contributed by atoms with Crippen LogP contribution in [0.15, 0.2) is 24.3 Å². The number of halogens is 1. The molecular formula is C16H24FN3. The molecule has 0 spiro atoms. The number of rotatable bonds is 3. The highest BCUT2D eigenvalue weighted by Gasteiger charge is 2.32. The minimum atomic E-state index is -0.163.